The van der Waals surface area contributed by atoms with Gasteiger partial charge in [0.15, 0.2) is 5.84 Å². The smallest absolute Gasteiger partial charge is 0.252 e. The van der Waals surface area contributed by atoms with E-state index < -0.39 is 6.04 Å². The van der Waals surface area contributed by atoms with Crippen molar-refractivity contribution in [3.8, 4) is 0 Å². The van der Waals surface area contributed by atoms with Crippen LogP contribution >= 0.6 is 27.3 Å². The molecule has 0 radical (unpaired) electrons. The summed E-state index contributed by atoms with van der Waals surface area (Å²) in [5, 5.41) is 15.8. The maximum atomic E-state index is 11.7. The van der Waals surface area contributed by atoms with Crippen LogP contribution in [0, 0.1) is 0 Å². The highest BCUT2D eigenvalue weighted by atomic mass is 79.9. The highest BCUT2D eigenvalue weighted by Crippen LogP contribution is 2.20. The van der Waals surface area contributed by atoms with Crippen LogP contribution < -0.4 is 11.1 Å². The maximum absolute atomic E-state index is 11.7. The van der Waals surface area contributed by atoms with Gasteiger partial charge in [-0.2, -0.15) is 0 Å². The molecule has 1 atom stereocenters. The first kappa shape index (κ1) is 13.0. The van der Waals surface area contributed by atoms with Gasteiger partial charge in [-0.1, -0.05) is 12.1 Å². The predicted molar refractivity (Wildman–Crippen MR) is 67.0 cm³/mol. The number of nitrogens with one attached hydrogen (secondary N) is 1. The van der Waals surface area contributed by atoms with E-state index in [0.29, 0.717) is 12.0 Å². The molecular weight excluding hydrogens is 294 g/mol. The summed E-state index contributed by atoms with van der Waals surface area (Å²) in [7, 11) is 0. The molecule has 1 heterocycles. The number of nitrogens with two attached hydrogens (primary N) is 1. The molecule has 1 amide bonds. The molecular formula is C9H12BrN3O2S. The third kappa shape index (κ3) is 3.21. The summed E-state index contributed by atoms with van der Waals surface area (Å²) in [6, 6.07) is 1.27. The van der Waals surface area contributed by atoms with Crippen molar-refractivity contribution < 1.29 is 10.0 Å². The van der Waals surface area contributed by atoms with E-state index in [4.69, 9.17) is 10.9 Å². The Morgan fingerprint density at radius 1 is 1.81 bits per heavy atom. The molecule has 7 heteroatoms. The largest absolute Gasteiger partial charge is 0.409 e. The lowest BCUT2D eigenvalue weighted by Crippen LogP contribution is -2.44. The second-order valence-corrected chi connectivity index (χ2v) is 5.39. The quantitative estimate of drug-likeness (QED) is 0.343. The molecule has 0 aliphatic rings. The fourth-order valence-electron chi connectivity index (χ4n) is 1.13. The first-order valence-electron chi connectivity index (χ1n) is 4.60. The normalized spacial score (nSPS) is 13.5. The molecule has 0 aliphatic heterocycles. The van der Waals surface area contributed by atoms with E-state index in [9.17, 15) is 4.79 Å². The number of nitrogens with zero attached hydrogens (tertiary/aromatic N) is 1. The monoisotopic (exact) mass is 305 g/mol. The molecule has 0 aliphatic carbocycles. The Hall–Kier alpha value is -1.08. The number of halogens is 1. The van der Waals surface area contributed by atoms with Crippen molar-refractivity contribution in [1.82, 2.24) is 5.32 Å². The van der Waals surface area contributed by atoms with Gasteiger partial charge in [0.25, 0.3) is 5.91 Å². The van der Waals surface area contributed by atoms with Crippen molar-refractivity contribution in [2.24, 2.45) is 10.9 Å². The number of amidine groups is 1. The van der Waals surface area contributed by atoms with Crippen LogP contribution in [0.4, 0.5) is 0 Å². The van der Waals surface area contributed by atoms with Gasteiger partial charge in [0.05, 0.1) is 15.4 Å². The number of hydrogen-bond donors (Lipinski definition) is 3. The molecule has 4 N–H and O–H groups in total. The van der Waals surface area contributed by atoms with Crippen LogP contribution in [-0.2, 0) is 0 Å². The molecule has 1 rings (SSSR count). The van der Waals surface area contributed by atoms with Gasteiger partial charge in [-0.25, -0.2) is 0 Å². The van der Waals surface area contributed by atoms with Crippen LogP contribution in [0.15, 0.2) is 20.4 Å². The van der Waals surface area contributed by atoms with Gasteiger partial charge in [0, 0.05) is 5.38 Å². The Labute approximate surface area is 105 Å². The molecule has 0 aromatic carbocycles. The SMILES string of the molecule is CCC(NC(=O)c1csc(Br)c1)C(N)=NO. The molecule has 0 fully saturated rings. The minimum absolute atomic E-state index is 0.00476. The number of carbonyl (C=O) groups excluding carboxylic acids is 1. The molecule has 16 heavy (non-hydrogen) atoms. The number of rotatable bonds is 4. The maximum Gasteiger partial charge on any atom is 0.252 e. The Kier molecular flexibility index (Phi) is 4.75. The summed E-state index contributed by atoms with van der Waals surface area (Å²) in [5.41, 5.74) is 5.99. The predicted octanol–water partition coefficient (Wildman–Crippen LogP) is 1.77. The van der Waals surface area contributed by atoms with E-state index in [2.05, 4.69) is 26.4 Å². The van der Waals surface area contributed by atoms with Crippen molar-refractivity contribution >= 4 is 39.0 Å². The van der Waals surface area contributed by atoms with E-state index in [1.807, 2.05) is 6.92 Å². The van der Waals surface area contributed by atoms with Crippen LogP contribution in [0.2, 0.25) is 0 Å². The fourth-order valence-corrected chi connectivity index (χ4v) is 2.26. The molecule has 0 saturated carbocycles. The van der Waals surface area contributed by atoms with E-state index in [0.717, 1.165) is 3.79 Å². The molecule has 88 valence electrons. The topological polar surface area (TPSA) is 87.7 Å². The van der Waals surface area contributed by atoms with Crippen molar-refractivity contribution in [1.29, 1.82) is 0 Å². The van der Waals surface area contributed by atoms with Crippen LogP contribution in [-0.4, -0.2) is 23.0 Å². The average Bonchev–Trinajstić information content (AvgIpc) is 2.71. The fraction of sp³-hybridized carbons (Fsp3) is 0.333. The van der Waals surface area contributed by atoms with Gasteiger partial charge in [-0.15, -0.1) is 11.3 Å². The average molecular weight is 306 g/mol. The minimum Gasteiger partial charge on any atom is -0.409 e. The van der Waals surface area contributed by atoms with Crippen molar-refractivity contribution in [2.45, 2.75) is 19.4 Å². The van der Waals surface area contributed by atoms with E-state index in [-0.39, 0.29) is 11.7 Å². The summed E-state index contributed by atoms with van der Waals surface area (Å²) in [6.45, 7) is 1.84. The standard InChI is InChI=1S/C9H12BrN3O2S/c1-2-6(8(11)13-15)12-9(14)5-3-7(10)16-4-5/h3-4,6,15H,2H2,1H3,(H2,11,13)(H,12,14). The van der Waals surface area contributed by atoms with Crippen LogP contribution in [0.25, 0.3) is 0 Å². The first-order valence-corrected chi connectivity index (χ1v) is 6.28. The Morgan fingerprint density at radius 2 is 2.50 bits per heavy atom. The molecule has 1 aromatic heterocycles. The third-order valence-corrected chi connectivity index (χ3v) is 3.52. The molecule has 1 unspecified atom stereocenters. The van der Waals surface area contributed by atoms with Crippen molar-refractivity contribution in [3.05, 3.63) is 20.8 Å². The number of oxime groups is 1. The number of thiophene rings is 1. The summed E-state index contributed by atoms with van der Waals surface area (Å²) in [5.74, 6) is -0.231. The molecule has 0 saturated heterocycles. The highest BCUT2D eigenvalue weighted by Gasteiger charge is 2.16. The van der Waals surface area contributed by atoms with Crippen LogP contribution in [0.3, 0.4) is 0 Å². The van der Waals surface area contributed by atoms with E-state index in [1.54, 1.807) is 11.4 Å². The van der Waals surface area contributed by atoms with Gasteiger partial charge < -0.3 is 16.3 Å². The second kappa shape index (κ2) is 5.86. The zero-order chi connectivity index (χ0) is 12.1. The summed E-state index contributed by atoms with van der Waals surface area (Å²) in [6.07, 6.45) is 0.562. The Bertz CT molecular complexity index is 405. The van der Waals surface area contributed by atoms with Crippen molar-refractivity contribution in [3.63, 3.8) is 0 Å². The second-order valence-electron chi connectivity index (χ2n) is 3.10. The highest BCUT2D eigenvalue weighted by molar-refractivity contribution is 9.11. The van der Waals surface area contributed by atoms with Gasteiger partial charge in [-0.3, -0.25) is 4.79 Å². The van der Waals surface area contributed by atoms with Crippen LogP contribution in [0.1, 0.15) is 23.7 Å². The van der Waals surface area contributed by atoms with Gasteiger partial charge >= 0.3 is 0 Å². The lowest BCUT2D eigenvalue weighted by molar-refractivity contribution is 0.0946. The minimum atomic E-state index is -0.448. The summed E-state index contributed by atoms with van der Waals surface area (Å²) in [4.78, 5) is 11.7. The molecule has 0 spiro atoms. The summed E-state index contributed by atoms with van der Waals surface area (Å²) >= 11 is 4.70. The van der Waals surface area contributed by atoms with Gasteiger partial charge in [0.2, 0.25) is 0 Å². The number of carbonyl (C=O) groups is 1. The zero-order valence-electron chi connectivity index (χ0n) is 8.61. The van der Waals surface area contributed by atoms with E-state index in [1.165, 1.54) is 11.3 Å². The number of amides is 1. The van der Waals surface area contributed by atoms with Gasteiger partial charge in [0.1, 0.15) is 0 Å². The summed E-state index contributed by atoms with van der Waals surface area (Å²) < 4.78 is 0.884. The van der Waals surface area contributed by atoms with Crippen molar-refractivity contribution in [2.75, 3.05) is 0 Å². The molecule has 0 bridgehead atoms. The Morgan fingerprint density at radius 3 is 2.94 bits per heavy atom. The Balaban J connectivity index is 2.70. The third-order valence-electron chi connectivity index (χ3n) is 2.02. The molecule has 5 nitrogen and oxygen atoms in total. The lowest BCUT2D eigenvalue weighted by atomic mass is 10.2. The van der Waals surface area contributed by atoms with Gasteiger partial charge in [-0.05, 0) is 28.4 Å². The first-order chi connectivity index (χ1) is 7.58. The zero-order valence-corrected chi connectivity index (χ0v) is 11.0. The lowest BCUT2D eigenvalue weighted by Gasteiger charge is -2.14. The van der Waals surface area contributed by atoms with E-state index >= 15 is 0 Å². The molecule has 1 aromatic rings. The van der Waals surface area contributed by atoms with Crippen LogP contribution in [0.5, 0.6) is 0 Å². The number of hydrogen-bond acceptors (Lipinski definition) is 4.